The van der Waals surface area contributed by atoms with E-state index in [-0.39, 0.29) is 12.5 Å². The molecule has 0 aromatic carbocycles. The summed E-state index contributed by atoms with van der Waals surface area (Å²) in [5.74, 6) is -0.0991. The van der Waals surface area contributed by atoms with Crippen LogP contribution in [0.15, 0.2) is 23.3 Å². The minimum Gasteiger partial charge on any atom is -0.323 e. The first-order chi connectivity index (χ1) is 5.86. The highest BCUT2D eigenvalue weighted by Gasteiger charge is 2.08. The zero-order valence-electron chi connectivity index (χ0n) is 6.32. The molecule has 1 N–H and O–H groups in total. The number of aromatic nitrogens is 1. The number of carbonyl (C=O) groups excluding carboxylic acids is 1. The first kappa shape index (κ1) is 6.97. The average Bonchev–Trinajstić information content (AvgIpc) is 2.25. The molecule has 0 saturated carbocycles. The Morgan fingerprint density at radius 3 is 3.33 bits per heavy atom. The maximum atomic E-state index is 11.0. The summed E-state index contributed by atoms with van der Waals surface area (Å²) >= 11 is 0. The van der Waals surface area contributed by atoms with E-state index in [1.807, 2.05) is 0 Å². The van der Waals surface area contributed by atoms with Crippen molar-refractivity contribution in [2.24, 2.45) is 4.99 Å². The van der Waals surface area contributed by atoms with Crippen molar-refractivity contribution in [3.05, 3.63) is 24.0 Å². The van der Waals surface area contributed by atoms with Crippen LogP contribution in [0.25, 0.3) is 0 Å². The van der Waals surface area contributed by atoms with Gasteiger partial charge < -0.3 is 5.32 Å². The second-order valence-corrected chi connectivity index (χ2v) is 2.45. The van der Waals surface area contributed by atoms with E-state index in [2.05, 4.69) is 15.3 Å². The largest absolute Gasteiger partial charge is 0.323 e. The Labute approximate surface area is 69.3 Å². The summed E-state index contributed by atoms with van der Waals surface area (Å²) in [5, 5.41) is 2.70. The van der Waals surface area contributed by atoms with Crippen LogP contribution in [0.4, 0.5) is 5.69 Å². The van der Waals surface area contributed by atoms with Gasteiger partial charge in [-0.1, -0.05) is 0 Å². The third-order valence-electron chi connectivity index (χ3n) is 1.56. The summed E-state index contributed by atoms with van der Waals surface area (Å²) in [4.78, 5) is 18.9. The second kappa shape index (κ2) is 2.73. The number of pyridine rings is 1. The lowest BCUT2D eigenvalue weighted by Crippen LogP contribution is -2.13. The van der Waals surface area contributed by atoms with Crippen molar-refractivity contribution in [1.29, 1.82) is 0 Å². The average molecular weight is 161 g/mol. The predicted molar refractivity (Wildman–Crippen MR) is 45.3 cm³/mol. The molecule has 2 heterocycles. The van der Waals surface area contributed by atoms with E-state index < -0.39 is 0 Å². The van der Waals surface area contributed by atoms with Crippen molar-refractivity contribution in [3.63, 3.8) is 0 Å². The number of nitrogens with one attached hydrogen (secondary N) is 1. The first-order valence-electron chi connectivity index (χ1n) is 3.61. The summed E-state index contributed by atoms with van der Waals surface area (Å²) in [7, 11) is 0. The smallest absolute Gasteiger partial charge is 0.246 e. The molecule has 1 aromatic rings. The van der Waals surface area contributed by atoms with Gasteiger partial charge in [-0.25, -0.2) is 0 Å². The fourth-order valence-electron chi connectivity index (χ4n) is 1.03. The van der Waals surface area contributed by atoms with Crippen molar-refractivity contribution in [3.8, 4) is 0 Å². The van der Waals surface area contributed by atoms with Gasteiger partial charge in [-0.15, -0.1) is 0 Å². The van der Waals surface area contributed by atoms with Crippen molar-refractivity contribution < 1.29 is 4.79 Å². The first-order valence-corrected chi connectivity index (χ1v) is 3.61. The molecular formula is C8H7N3O. The molecule has 60 valence electrons. The van der Waals surface area contributed by atoms with E-state index >= 15 is 0 Å². The highest BCUT2D eigenvalue weighted by atomic mass is 16.1. The van der Waals surface area contributed by atoms with Crippen molar-refractivity contribution in [2.75, 3.05) is 11.9 Å². The number of hydrogen-bond donors (Lipinski definition) is 1. The topological polar surface area (TPSA) is 54.4 Å². The number of rotatable bonds is 0. The molecule has 1 aromatic heterocycles. The molecule has 4 nitrogen and oxygen atoms in total. The molecule has 0 atom stereocenters. The predicted octanol–water partition coefficient (Wildman–Crippen LogP) is 0.453. The molecule has 0 aliphatic carbocycles. The van der Waals surface area contributed by atoms with Gasteiger partial charge in [0.2, 0.25) is 5.91 Å². The van der Waals surface area contributed by atoms with Gasteiger partial charge in [0.15, 0.2) is 0 Å². The van der Waals surface area contributed by atoms with Gasteiger partial charge in [-0.3, -0.25) is 14.8 Å². The molecule has 0 radical (unpaired) electrons. The second-order valence-electron chi connectivity index (χ2n) is 2.45. The summed E-state index contributed by atoms with van der Waals surface area (Å²) in [6.45, 7) is 0.177. The molecule has 0 fully saturated rings. The third-order valence-corrected chi connectivity index (χ3v) is 1.56. The fraction of sp³-hybridized carbons (Fsp3) is 0.125. The van der Waals surface area contributed by atoms with Crippen molar-refractivity contribution in [1.82, 2.24) is 4.98 Å². The Kier molecular flexibility index (Phi) is 1.59. The molecule has 1 aliphatic heterocycles. The summed E-state index contributed by atoms with van der Waals surface area (Å²) in [6, 6.07) is 3.58. The molecule has 2 rings (SSSR count). The molecule has 0 unspecified atom stereocenters. The van der Waals surface area contributed by atoms with Crippen LogP contribution in [0.3, 0.4) is 0 Å². The lowest BCUT2D eigenvalue weighted by molar-refractivity contribution is -0.114. The molecule has 0 spiro atoms. The Morgan fingerprint density at radius 1 is 1.50 bits per heavy atom. The van der Waals surface area contributed by atoms with E-state index in [4.69, 9.17) is 0 Å². The van der Waals surface area contributed by atoms with Gasteiger partial charge >= 0.3 is 0 Å². The number of aliphatic imine (C=N–C) groups is 1. The minimum absolute atomic E-state index is 0.0991. The Morgan fingerprint density at radius 2 is 2.42 bits per heavy atom. The van der Waals surface area contributed by atoms with E-state index in [0.717, 1.165) is 5.69 Å². The summed E-state index contributed by atoms with van der Waals surface area (Å²) in [6.07, 6.45) is 3.27. The number of nitrogens with zero attached hydrogens (tertiary/aromatic N) is 2. The Bertz CT molecular complexity index is 346. The number of anilines is 1. The monoisotopic (exact) mass is 161 g/mol. The van der Waals surface area contributed by atoms with Crippen LogP contribution in [0, 0.1) is 0 Å². The minimum atomic E-state index is -0.0991. The number of hydrogen-bond acceptors (Lipinski definition) is 3. The lowest BCUT2D eigenvalue weighted by Gasteiger charge is -2.01. The highest BCUT2D eigenvalue weighted by Crippen LogP contribution is 2.11. The molecule has 12 heavy (non-hydrogen) atoms. The zero-order valence-corrected chi connectivity index (χ0v) is 6.32. The van der Waals surface area contributed by atoms with Gasteiger partial charge in [-0.05, 0) is 12.1 Å². The van der Waals surface area contributed by atoms with Crippen LogP contribution in [-0.4, -0.2) is 23.7 Å². The van der Waals surface area contributed by atoms with Crippen LogP contribution in [-0.2, 0) is 4.79 Å². The van der Waals surface area contributed by atoms with Crippen molar-refractivity contribution in [2.45, 2.75) is 0 Å². The quantitative estimate of drug-likeness (QED) is 0.600. The maximum absolute atomic E-state index is 11.0. The number of carbonyl (C=O) groups is 1. The molecule has 1 amide bonds. The van der Waals surface area contributed by atoms with Crippen LogP contribution >= 0.6 is 0 Å². The van der Waals surface area contributed by atoms with Gasteiger partial charge in [-0.2, -0.15) is 0 Å². The van der Waals surface area contributed by atoms with Gasteiger partial charge in [0.05, 0.1) is 5.69 Å². The summed E-state index contributed by atoms with van der Waals surface area (Å²) < 4.78 is 0. The SMILES string of the molecule is O=C1CN=Cc2ncccc2N1. The Hall–Kier alpha value is -1.71. The molecule has 0 saturated heterocycles. The Balaban J connectivity index is 2.48. The van der Waals surface area contributed by atoms with Gasteiger partial charge in [0.1, 0.15) is 12.2 Å². The standard InChI is InChI=1S/C8H7N3O/c12-8-5-9-4-7-6(11-8)2-1-3-10-7/h1-4H,5H2,(H,11,12). The molecular weight excluding hydrogens is 154 g/mol. The highest BCUT2D eigenvalue weighted by molar-refractivity contribution is 6.00. The van der Waals surface area contributed by atoms with Crippen LogP contribution < -0.4 is 5.32 Å². The van der Waals surface area contributed by atoms with E-state index in [1.165, 1.54) is 0 Å². The molecule has 1 aliphatic rings. The van der Waals surface area contributed by atoms with E-state index in [1.54, 1.807) is 24.5 Å². The molecule has 0 bridgehead atoms. The lowest BCUT2D eigenvalue weighted by atomic mass is 10.3. The molecule has 4 heteroatoms. The van der Waals surface area contributed by atoms with Crippen LogP contribution in [0.5, 0.6) is 0 Å². The van der Waals surface area contributed by atoms with Gasteiger partial charge in [0.25, 0.3) is 0 Å². The van der Waals surface area contributed by atoms with Gasteiger partial charge in [0, 0.05) is 12.4 Å². The maximum Gasteiger partial charge on any atom is 0.246 e. The van der Waals surface area contributed by atoms with E-state index in [0.29, 0.717) is 5.69 Å². The van der Waals surface area contributed by atoms with Crippen LogP contribution in [0.2, 0.25) is 0 Å². The van der Waals surface area contributed by atoms with E-state index in [9.17, 15) is 4.79 Å². The normalized spacial score (nSPS) is 14.8. The number of amides is 1. The number of fused-ring (bicyclic) bond motifs is 1. The fourth-order valence-corrected chi connectivity index (χ4v) is 1.03. The van der Waals surface area contributed by atoms with Crippen molar-refractivity contribution >= 4 is 17.8 Å². The zero-order chi connectivity index (χ0) is 8.39. The van der Waals surface area contributed by atoms with Crippen LogP contribution in [0.1, 0.15) is 5.69 Å². The third kappa shape index (κ3) is 1.18. The summed E-state index contributed by atoms with van der Waals surface area (Å²) in [5.41, 5.74) is 1.44.